The molecule has 0 spiro atoms. The summed E-state index contributed by atoms with van der Waals surface area (Å²) in [6, 6.07) is 17.7. The van der Waals surface area contributed by atoms with Gasteiger partial charge >= 0.3 is 12.1 Å². The van der Waals surface area contributed by atoms with Gasteiger partial charge in [-0.3, -0.25) is 14.9 Å². The van der Waals surface area contributed by atoms with Crippen molar-refractivity contribution < 1.29 is 28.6 Å². The first kappa shape index (κ1) is 21.5. The second-order valence-corrected chi connectivity index (χ2v) is 9.35. The molecule has 1 saturated heterocycles. The quantitative estimate of drug-likeness (QED) is 0.569. The predicted molar refractivity (Wildman–Crippen MR) is 126 cm³/mol. The Bertz CT molecular complexity index is 1280. The fourth-order valence-corrected chi connectivity index (χ4v) is 5.75. The van der Waals surface area contributed by atoms with Crippen molar-refractivity contribution >= 4 is 23.7 Å². The largest absolute Gasteiger partial charge is 0.481 e. The molecule has 2 aliphatic carbocycles. The van der Waals surface area contributed by atoms with Gasteiger partial charge in [0.15, 0.2) is 0 Å². The van der Waals surface area contributed by atoms with E-state index in [-0.39, 0.29) is 47.6 Å². The molecule has 2 amide bonds. The number of likely N-dealkylation sites (tertiary alicyclic amines) is 1. The molecular weight excluding hydrogens is 448 g/mol. The van der Waals surface area contributed by atoms with E-state index < -0.39 is 12.1 Å². The zero-order valence-corrected chi connectivity index (χ0v) is 18.8. The molecule has 2 fully saturated rings. The first-order valence-corrected chi connectivity index (χ1v) is 11.7. The second kappa shape index (κ2) is 8.30. The number of carbonyl (C=O) groups excluding carboxylic acids is 2. The minimum absolute atomic E-state index is 0.0151. The van der Waals surface area contributed by atoms with E-state index in [9.17, 15) is 19.5 Å². The number of fused-ring (bicyclic) bond motifs is 4. The number of amides is 2. The van der Waals surface area contributed by atoms with Gasteiger partial charge < -0.3 is 19.2 Å². The van der Waals surface area contributed by atoms with Crippen LogP contribution in [0.3, 0.4) is 0 Å². The number of nitrogens with zero attached hydrogens (tertiary/aromatic N) is 1. The number of furan rings is 1. The maximum absolute atomic E-state index is 13.0. The lowest BCUT2D eigenvalue weighted by Gasteiger charge is -2.25. The Kier molecular flexibility index (Phi) is 5.09. The number of benzene rings is 2. The fraction of sp³-hybridized carbons (Fsp3) is 0.296. The van der Waals surface area contributed by atoms with E-state index in [2.05, 4.69) is 17.4 Å². The average Bonchev–Trinajstić information content (AvgIpc) is 3.27. The van der Waals surface area contributed by atoms with E-state index in [1.165, 1.54) is 12.3 Å². The van der Waals surface area contributed by atoms with Crippen LogP contribution in [0.1, 0.15) is 34.0 Å². The van der Waals surface area contributed by atoms with E-state index in [4.69, 9.17) is 9.15 Å². The number of ether oxygens (including phenoxy) is 1. The molecule has 3 atom stereocenters. The van der Waals surface area contributed by atoms with Crippen molar-refractivity contribution in [2.75, 3.05) is 25.0 Å². The van der Waals surface area contributed by atoms with E-state index in [1.807, 2.05) is 36.4 Å². The lowest BCUT2D eigenvalue weighted by atomic mass is 9.98. The number of nitrogens with one attached hydrogen (secondary N) is 1. The van der Waals surface area contributed by atoms with E-state index in [0.29, 0.717) is 19.5 Å². The highest BCUT2D eigenvalue weighted by Gasteiger charge is 2.57. The van der Waals surface area contributed by atoms with Gasteiger partial charge in [-0.05, 0) is 40.5 Å². The Balaban J connectivity index is 1.11. The van der Waals surface area contributed by atoms with Gasteiger partial charge in [-0.1, -0.05) is 48.5 Å². The molecule has 1 aromatic heterocycles. The van der Waals surface area contributed by atoms with Crippen LogP contribution in [0.15, 0.2) is 65.3 Å². The van der Waals surface area contributed by atoms with Crippen LogP contribution in [0.4, 0.5) is 10.5 Å². The van der Waals surface area contributed by atoms with Crippen LogP contribution in [0.25, 0.3) is 11.1 Å². The second-order valence-electron chi connectivity index (χ2n) is 9.35. The van der Waals surface area contributed by atoms with E-state index >= 15 is 0 Å². The predicted octanol–water partition coefficient (Wildman–Crippen LogP) is 4.43. The van der Waals surface area contributed by atoms with Gasteiger partial charge in [-0.15, -0.1) is 0 Å². The van der Waals surface area contributed by atoms with Gasteiger partial charge in [-0.2, -0.15) is 0 Å². The SMILES string of the molecule is O=C(Nc1ccoc1C(=O)N1CCC2C(C1)C2C(=O)O)OCC1c2ccccc2-c2ccccc21. The van der Waals surface area contributed by atoms with Gasteiger partial charge in [0.1, 0.15) is 6.61 Å². The molecule has 2 N–H and O–H groups in total. The summed E-state index contributed by atoms with van der Waals surface area (Å²) in [5.41, 5.74) is 4.75. The van der Waals surface area contributed by atoms with Crippen molar-refractivity contribution in [1.82, 2.24) is 4.90 Å². The summed E-state index contributed by atoms with van der Waals surface area (Å²) in [5.74, 6) is -1.46. The van der Waals surface area contributed by atoms with Gasteiger partial charge in [0.2, 0.25) is 5.76 Å². The van der Waals surface area contributed by atoms with Crippen molar-refractivity contribution in [3.63, 3.8) is 0 Å². The monoisotopic (exact) mass is 472 g/mol. The third-order valence-electron chi connectivity index (χ3n) is 7.51. The van der Waals surface area contributed by atoms with Crippen LogP contribution >= 0.6 is 0 Å². The van der Waals surface area contributed by atoms with Gasteiger partial charge in [0.05, 0.1) is 17.9 Å². The maximum atomic E-state index is 13.0. The molecule has 2 heterocycles. The van der Waals surface area contributed by atoms with Crippen molar-refractivity contribution in [2.45, 2.75) is 12.3 Å². The molecular formula is C27H24N2O6. The standard InChI is InChI=1S/C27H24N2O6/c30-25(29-11-9-19-20(13-29)23(19)26(31)32)24-22(10-12-34-24)28-27(33)35-14-21-17-7-3-1-5-15(17)16-6-2-4-8-18(16)21/h1-8,10,12,19-21,23H,9,11,13-14H2,(H,28,33)(H,31,32). The zero-order valence-electron chi connectivity index (χ0n) is 18.8. The number of aliphatic carboxylic acids is 1. The number of piperidine rings is 1. The van der Waals surface area contributed by atoms with Crippen molar-refractivity contribution in [3.05, 3.63) is 77.7 Å². The zero-order chi connectivity index (χ0) is 24.1. The molecule has 8 heteroatoms. The normalized spacial score (nSPS) is 22.1. The molecule has 3 unspecified atom stereocenters. The molecule has 2 aromatic carbocycles. The summed E-state index contributed by atoms with van der Waals surface area (Å²) in [6.45, 7) is 1.01. The number of hydrogen-bond acceptors (Lipinski definition) is 5. The van der Waals surface area contributed by atoms with Crippen molar-refractivity contribution in [1.29, 1.82) is 0 Å². The Morgan fingerprint density at radius 3 is 2.37 bits per heavy atom. The molecule has 6 rings (SSSR count). The third kappa shape index (κ3) is 3.65. The lowest BCUT2D eigenvalue weighted by Crippen LogP contribution is -2.37. The molecule has 8 nitrogen and oxygen atoms in total. The number of carbonyl (C=O) groups is 3. The summed E-state index contributed by atoms with van der Waals surface area (Å²) >= 11 is 0. The molecule has 3 aromatic rings. The lowest BCUT2D eigenvalue weighted by molar-refractivity contribution is -0.139. The first-order chi connectivity index (χ1) is 17.0. The molecule has 1 saturated carbocycles. The molecule has 178 valence electrons. The summed E-state index contributed by atoms with van der Waals surface area (Å²) in [6.07, 6.45) is 1.33. The Hall–Kier alpha value is -4.07. The Labute approximate surface area is 201 Å². The molecule has 35 heavy (non-hydrogen) atoms. The highest BCUT2D eigenvalue weighted by molar-refractivity contribution is 6.00. The van der Waals surface area contributed by atoms with Crippen LogP contribution in [0.5, 0.6) is 0 Å². The van der Waals surface area contributed by atoms with Crippen molar-refractivity contribution in [2.24, 2.45) is 17.8 Å². The fourth-order valence-electron chi connectivity index (χ4n) is 5.75. The number of carboxylic acids is 1. The van der Waals surface area contributed by atoms with Gasteiger partial charge in [0, 0.05) is 25.1 Å². The number of rotatable bonds is 5. The summed E-state index contributed by atoms with van der Waals surface area (Å²) in [5, 5.41) is 11.9. The number of hydrogen-bond donors (Lipinski definition) is 2. The smallest absolute Gasteiger partial charge is 0.411 e. The number of carboxylic acid groups (broad SMARTS) is 1. The Morgan fingerprint density at radius 1 is 1.00 bits per heavy atom. The molecule has 1 aliphatic heterocycles. The van der Waals surface area contributed by atoms with Crippen LogP contribution in [0, 0.1) is 17.8 Å². The van der Waals surface area contributed by atoms with Gasteiger partial charge in [0.25, 0.3) is 5.91 Å². The van der Waals surface area contributed by atoms with Crippen LogP contribution < -0.4 is 5.32 Å². The molecule has 0 radical (unpaired) electrons. The maximum Gasteiger partial charge on any atom is 0.411 e. The summed E-state index contributed by atoms with van der Waals surface area (Å²) < 4.78 is 11.0. The van der Waals surface area contributed by atoms with Crippen LogP contribution in [-0.2, 0) is 9.53 Å². The first-order valence-electron chi connectivity index (χ1n) is 11.7. The highest BCUT2D eigenvalue weighted by Crippen LogP contribution is 2.52. The minimum Gasteiger partial charge on any atom is -0.481 e. The Morgan fingerprint density at radius 2 is 1.69 bits per heavy atom. The summed E-state index contributed by atoms with van der Waals surface area (Å²) in [4.78, 5) is 38.6. The van der Waals surface area contributed by atoms with Crippen LogP contribution in [-0.4, -0.2) is 47.7 Å². The van der Waals surface area contributed by atoms with Crippen molar-refractivity contribution in [3.8, 4) is 11.1 Å². The highest BCUT2D eigenvalue weighted by atomic mass is 16.5. The molecule has 3 aliphatic rings. The minimum atomic E-state index is -0.801. The van der Waals surface area contributed by atoms with Crippen LogP contribution in [0.2, 0.25) is 0 Å². The topological polar surface area (TPSA) is 109 Å². The molecule has 0 bridgehead atoms. The van der Waals surface area contributed by atoms with Gasteiger partial charge in [-0.25, -0.2) is 4.79 Å². The summed E-state index contributed by atoms with van der Waals surface area (Å²) in [7, 11) is 0. The number of anilines is 1. The average molecular weight is 472 g/mol. The third-order valence-corrected chi connectivity index (χ3v) is 7.51. The van der Waals surface area contributed by atoms with E-state index in [0.717, 1.165) is 22.3 Å². The van der Waals surface area contributed by atoms with E-state index in [1.54, 1.807) is 4.90 Å².